The topological polar surface area (TPSA) is 21.7 Å². The summed E-state index contributed by atoms with van der Waals surface area (Å²) in [4.78, 5) is 2.51. The SMILES string of the molecule is CCCCN(Cc1ccccc1)Cc1cc(OC)c(OC)cc1C. The lowest BCUT2D eigenvalue weighted by Gasteiger charge is -2.24. The van der Waals surface area contributed by atoms with Crippen LogP contribution < -0.4 is 9.47 Å². The third-order valence-electron chi connectivity index (χ3n) is 4.31. The van der Waals surface area contributed by atoms with Crippen LogP contribution in [0.5, 0.6) is 11.5 Å². The number of methoxy groups -OCH3 is 2. The first kappa shape index (κ1) is 18.3. The average Bonchev–Trinajstić information content (AvgIpc) is 2.61. The van der Waals surface area contributed by atoms with Crippen molar-refractivity contribution in [2.24, 2.45) is 0 Å². The van der Waals surface area contributed by atoms with E-state index in [1.807, 2.05) is 0 Å². The fraction of sp³-hybridized carbons (Fsp3) is 0.429. The summed E-state index contributed by atoms with van der Waals surface area (Å²) in [6.45, 7) is 7.36. The van der Waals surface area contributed by atoms with E-state index in [0.29, 0.717) is 0 Å². The number of unbranched alkanes of at least 4 members (excludes halogenated alkanes) is 1. The summed E-state index contributed by atoms with van der Waals surface area (Å²) >= 11 is 0. The van der Waals surface area contributed by atoms with Gasteiger partial charge in [0, 0.05) is 13.1 Å². The maximum absolute atomic E-state index is 5.47. The zero-order chi connectivity index (χ0) is 17.4. The Kier molecular flexibility index (Phi) is 7.13. The molecule has 0 heterocycles. The van der Waals surface area contributed by atoms with Gasteiger partial charge in [0.25, 0.3) is 0 Å². The van der Waals surface area contributed by atoms with Gasteiger partial charge < -0.3 is 9.47 Å². The number of hydrogen-bond donors (Lipinski definition) is 0. The molecule has 0 spiro atoms. The van der Waals surface area contributed by atoms with Crippen LogP contribution in [-0.2, 0) is 13.1 Å². The lowest BCUT2D eigenvalue weighted by Crippen LogP contribution is -2.24. The molecule has 3 heteroatoms. The highest BCUT2D eigenvalue weighted by Gasteiger charge is 2.12. The first-order chi connectivity index (χ1) is 11.7. The fourth-order valence-electron chi connectivity index (χ4n) is 2.87. The molecule has 0 aromatic heterocycles. The summed E-state index contributed by atoms with van der Waals surface area (Å²) in [5.74, 6) is 1.59. The molecule has 0 radical (unpaired) electrons. The van der Waals surface area contributed by atoms with E-state index < -0.39 is 0 Å². The fourth-order valence-corrected chi connectivity index (χ4v) is 2.87. The van der Waals surface area contributed by atoms with Gasteiger partial charge in [-0.2, -0.15) is 0 Å². The molecule has 0 aliphatic heterocycles. The van der Waals surface area contributed by atoms with Crippen LogP contribution in [0.25, 0.3) is 0 Å². The molecule has 3 nitrogen and oxygen atoms in total. The van der Waals surface area contributed by atoms with Crippen LogP contribution in [0.15, 0.2) is 42.5 Å². The van der Waals surface area contributed by atoms with Crippen LogP contribution in [0.3, 0.4) is 0 Å². The molecule has 24 heavy (non-hydrogen) atoms. The van der Waals surface area contributed by atoms with Crippen LogP contribution in [0.1, 0.15) is 36.5 Å². The molecule has 0 bridgehead atoms. The maximum Gasteiger partial charge on any atom is 0.161 e. The van der Waals surface area contributed by atoms with Crippen molar-refractivity contribution < 1.29 is 9.47 Å². The third kappa shape index (κ3) is 5.00. The molecule has 2 aromatic carbocycles. The van der Waals surface area contributed by atoms with Gasteiger partial charge in [-0.15, -0.1) is 0 Å². The number of nitrogens with zero attached hydrogens (tertiary/aromatic N) is 1. The van der Waals surface area contributed by atoms with Crippen LogP contribution >= 0.6 is 0 Å². The quantitative estimate of drug-likeness (QED) is 0.659. The predicted molar refractivity (Wildman–Crippen MR) is 99.7 cm³/mol. The molecule has 0 saturated heterocycles. The zero-order valence-corrected chi connectivity index (χ0v) is 15.3. The van der Waals surface area contributed by atoms with Crippen molar-refractivity contribution in [2.75, 3.05) is 20.8 Å². The van der Waals surface area contributed by atoms with Gasteiger partial charge in [-0.25, -0.2) is 0 Å². The largest absolute Gasteiger partial charge is 0.493 e. The number of benzene rings is 2. The Hall–Kier alpha value is -2.00. The second-order valence-electron chi connectivity index (χ2n) is 6.18. The summed E-state index contributed by atoms with van der Waals surface area (Å²) in [7, 11) is 3.37. The third-order valence-corrected chi connectivity index (χ3v) is 4.31. The molecule has 0 fully saturated rings. The lowest BCUT2D eigenvalue weighted by atomic mass is 10.1. The summed E-state index contributed by atoms with van der Waals surface area (Å²) in [6.07, 6.45) is 2.41. The van der Waals surface area contributed by atoms with Gasteiger partial charge >= 0.3 is 0 Å². The van der Waals surface area contributed by atoms with E-state index >= 15 is 0 Å². The van der Waals surface area contributed by atoms with Gasteiger partial charge in [0.1, 0.15) is 0 Å². The Balaban J connectivity index is 2.19. The van der Waals surface area contributed by atoms with E-state index in [0.717, 1.165) is 31.1 Å². The number of hydrogen-bond acceptors (Lipinski definition) is 3. The second-order valence-corrected chi connectivity index (χ2v) is 6.18. The Morgan fingerprint density at radius 2 is 1.58 bits per heavy atom. The molecule has 0 saturated carbocycles. The van der Waals surface area contributed by atoms with Gasteiger partial charge in [0.05, 0.1) is 14.2 Å². The molecule has 0 N–H and O–H groups in total. The van der Waals surface area contributed by atoms with Gasteiger partial charge in [0.15, 0.2) is 11.5 Å². The first-order valence-electron chi connectivity index (χ1n) is 8.65. The van der Waals surface area contributed by atoms with Crippen molar-refractivity contribution in [3.8, 4) is 11.5 Å². The van der Waals surface area contributed by atoms with Crippen LogP contribution in [0.2, 0.25) is 0 Å². The van der Waals surface area contributed by atoms with Crippen molar-refractivity contribution in [3.05, 3.63) is 59.2 Å². The van der Waals surface area contributed by atoms with Crippen molar-refractivity contribution in [3.63, 3.8) is 0 Å². The van der Waals surface area contributed by atoms with E-state index in [-0.39, 0.29) is 0 Å². The number of ether oxygens (including phenoxy) is 2. The highest BCUT2D eigenvalue weighted by atomic mass is 16.5. The molecular weight excluding hydrogens is 298 g/mol. The van der Waals surface area contributed by atoms with Crippen LogP contribution in [0.4, 0.5) is 0 Å². The van der Waals surface area contributed by atoms with Crippen molar-refractivity contribution >= 4 is 0 Å². The summed E-state index contributed by atoms with van der Waals surface area (Å²) < 4.78 is 10.9. The Morgan fingerprint density at radius 1 is 0.917 bits per heavy atom. The smallest absolute Gasteiger partial charge is 0.161 e. The van der Waals surface area contributed by atoms with Gasteiger partial charge in [-0.05, 0) is 48.7 Å². The highest BCUT2D eigenvalue weighted by molar-refractivity contribution is 5.47. The van der Waals surface area contributed by atoms with Crippen LogP contribution in [0, 0.1) is 6.92 Å². The van der Waals surface area contributed by atoms with Gasteiger partial charge in [-0.1, -0.05) is 43.7 Å². The molecule has 2 aromatic rings. The maximum atomic E-state index is 5.47. The standard InChI is InChI=1S/C21H29NO2/c1-5-6-12-22(15-18-10-8-7-9-11-18)16-19-14-21(24-4)20(23-3)13-17(19)2/h7-11,13-14H,5-6,12,15-16H2,1-4H3. The molecular formula is C21H29NO2. The van der Waals surface area contributed by atoms with E-state index in [1.54, 1.807) is 14.2 Å². The molecule has 0 amide bonds. The Labute approximate surface area is 146 Å². The number of rotatable bonds is 9. The monoisotopic (exact) mass is 327 g/mol. The first-order valence-corrected chi connectivity index (χ1v) is 8.65. The Bertz CT molecular complexity index is 625. The summed E-state index contributed by atoms with van der Waals surface area (Å²) in [5, 5.41) is 0. The lowest BCUT2D eigenvalue weighted by molar-refractivity contribution is 0.251. The molecule has 130 valence electrons. The normalized spacial score (nSPS) is 10.9. The molecule has 0 aliphatic rings. The van der Waals surface area contributed by atoms with Gasteiger partial charge in [-0.3, -0.25) is 4.90 Å². The molecule has 0 unspecified atom stereocenters. The molecule has 2 rings (SSSR count). The molecule has 0 aliphatic carbocycles. The zero-order valence-electron chi connectivity index (χ0n) is 15.3. The van der Waals surface area contributed by atoms with E-state index in [4.69, 9.17) is 9.47 Å². The van der Waals surface area contributed by atoms with Crippen molar-refractivity contribution in [1.29, 1.82) is 0 Å². The average molecular weight is 327 g/mol. The molecule has 0 atom stereocenters. The van der Waals surface area contributed by atoms with Gasteiger partial charge in [0.2, 0.25) is 0 Å². The predicted octanol–water partition coefficient (Wildman–Crippen LogP) is 4.81. The van der Waals surface area contributed by atoms with E-state index in [9.17, 15) is 0 Å². The van der Waals surface area contributed by atoms with Crippen molar-refractivity contribution in [1.82, 2.24) is 4.90 Å². The van der Waals surface area contributed by atoms with E-state index in [1.165, 1.54) is 29.5 Å². The summed E-state index contributed by atoms with van der Waals surface area (Å²) in [5.41, 5.74) is 3.88. The van der Waals surface area contributed by atoms with E-state index in [2.05, 4.69) is 61.2 Å². The summed E-state index contributed by atoms with van der Waals surface area (Å²) in [6, 6.07) is 14.8. The minimum atomic E-state index is 0.793. The van der Waals surface area contributed by atoms with Crippen LogP contribution in [-0.4, -0.2) is 25.7 Å². The number of aryl methyl sites for hydroxylation is 1. The second kappa shape index (κ2) is 9.33. The highest BCUT2D eigenvalue weighted by Crippen LogP contribution is 2.31. The minimum absolute atomic E-state index is 0.793. The minimum Gasteiger partial charge on any atom is -0.493 e. The van der Waals surface area contributed by atoms with Crippen molar-refractivity contribution in [2.45, 2.75) is 39.8 Å². The Morgan fingerprint density at radius 3 is 2.21 bits per heavy atom.